The Morgan fingerprint density at radius 1 is 1.39 bits per heavy atom. The number of ketones is 1. The van der Waals surface area contributed by atoms with Crippen LogP contribution in [0.15, 0.2) is 18.2 Å². The SMILES string of the molecule is CC(=O)c1cccc(F)c1N(C)CCS(C)(=O)=O. The van der Waals surface area contributed by atoms with Gasteiger partial charge in [-0.2, -0.15) is 0 Å². The van der Waals surface area contributed by atoms with E-state index in [0.29, 0.717) is 0 Å². The van der Waals surface area contributed by atoms with E-state index in [1.807, 2.05) is 0 Å². The van der Waals surface area contributed by atoms with Gasteiger partial charge >= 0.3 is 0 Å². The van der Waals surface area contributed by atoms with Crippen molar-refractivity contribution >= 4 is 21.3 Å². The van der Waals surface area contributed by atoms with Crippen molar-refractivity contribution in [1.82, 2.24) is 0 Å². The van der Waals surface area contributed by atoms with Gasteiger partial charge in [0.1, 0.15) is 15.7 Å². The zero-order valence-electron chi connectivity index (χ0n) is 10.6. The fourth-order valence-electron chi connectivity index (χ4n) is 1.60. The van der Waals surface area contributed by atoms with E-state index in [1.54, 1.807) is 7.05 Å². The molecule has 1 rings (SSSR count). The van der Waals surface area contributed by atoms with Crippen molar-refractivity contribution in [2.45, 2.75) is 6.92 Å². The lowest BCUT2D eigenvalue weighted by Crippen LogP contribution is -2.27. The molecule has 0 aromatic heterocycles. The number of hydrogen-bond donors (Lipinski definition) is 0. The maximum Gasteiger partial charge on any atom is 0.161 e. The molecule has 0 amide bonds. The smallest absolute Gasteiger partial charge is 0.161 e. The number of sulfone groups is 1. The third-order valence-electron chi connectivity index (χ3n) is 2.55. The second-order valence-corrected chi connectivity index (χ2v) is 6.50. The van der Waals surface area contributed by atoms with E-state index in [-0.39, 0.29) is 29.3 Å². The number of hydrogen-bond acceptors (Lipinski definition) is 4. The molecule has 0 fully saturated rings. The zero-order chi connectivity index (χ0) is 13.9. The molecule has 0 aliphatic heterocycles. The van der Waals surface area contributed by atoms with Crippen molar-refractivity contribution in [3.05, 3.63) is 29.6 Å². The minimum atomic E-state index is -3.12. The molecular formula is C12H16FNO3S. The molecule has 100 valence electrons. The molecule has 4 nitrogen and oxygen atoms in total. The first kappa shape index (κ1) is 14.6. The highest BCUT2D eigenvalue weighted by Crippen LogP contribution is 2.23. The summed E-state index contributed by atoms with van der Waals surface area (Å²) in [6.07, 6.45) is 1.12. The zero-order valence-corrected chi connectivity index (χ0v) is 11.4. The van der Waals surface area contributed by atoms with E-state index in [0.717, 1.165) is 6.26 Å². The molecule has 0 spiro atoms. The predicted molar refractivity (Wildman–Crippen MR) is 69.4 cm³/mol. The van der Waals surface area contributed by atoms with Gasteiger partial charge in [0.25, 0.3) is 0 Å². The number of carbonyl (C=O) groups excluding carboxylic acids is 1. The van der Waals surface area contributed by atoms with Gasteiger partial charge in [-0.25, -0.2) is 12.8 Å². The van der Waals surface area contributed by atoms with Crippen molar-refractivity contribution in [3.63, 3.8) is 0 Å². The summed E-state index contributed by atoms with van der Waals surface area (Å²) in [5.74, 6) is -0.871. The summed E-state index contributed by atoms with van der Waals surface area (Å²) in [6, 6.07) is 4.23. The molecular weight excluding hydrogens is 257 g/mol. The third-order valence-corrected chi connectivity index (χ3v) is 3.47. The van der Waals surface area contributed by atoms with Crippen molar-refractivity contribution in [2.24, 2.45) is 0 Å². The number of nitrogens with zero attached hydrogens (tertiary/aromatic N) is 1. The second kappa shape index (κ2) is 5.48. The summed E-state index contributed by atoms with van der Waals surface area (Å²) in [4.78, 5) is 12.9. The van der Waals surface area contributed by atoms with Crippen LogP contribution in [0.3, 0.4) is 0 Å². The highest BCUT2D eigenvalue weighted by molar-refractivity contribution is 7.90. The standard InChI is InChI=1S/C12H16FNO3S/c1-9(15)10-5-4-6-11(13)12(10)14(2)7-8-18(3,16)17/h4-6H,7-8H2,1-3H3. The molecule has 0 heterocycles. The molecule has 0 aliphatic carbocycles. The first-order valence-electron chi connectivity index (χ1n) is 5.40. The molecule has 0 unspecified atom stereocenters. The van der Waals surface area contributed by atoms with Crippen LogP contribution >= 0.6 is 0 Å². The van der Waals surface area contributed by atoms with Gasteiger partial charge in [0.15, 0.2) is 5.78 Å². The number of para-hydroxylation sites is 1. The average molecular weight is 273 g/mol. The number of Topliss-reactive ketones (excluding diaryl/α,β-unsaturated/α-hetero) is 1. The number of rotatable bonds is 5. The van der Waals surface area contributed by atoms with Crippen molar-refractivity contribution in [3.8, 4) is 0 Å². The lowest BCUT2D eigenvalue weighted by atomic mass is 10.1. The molecule has 0 bridgehead atoms. The third kappa shape index (κ3) is 3.80. The van der Waals surface area contributed by atoms with Gasteiger partial charge in [-0.05, 0) is 19.1 Å². The van der Waals surface area contributed by atoms with Crippen LogP contribution in [0.25, 0.3) is 0 Å². The first-order chi connectivity index (χ1) is 8.22. The van der Waals surface area contributed by atoms with Crippen LogP contribution in [0.1, 0.15) is 17.3 Å². The number of carbonyl (C=O) groups is 1. The molecule has 1 aromatic rings. The van der Waals surface area contributed by atoms with Crippen molar-refractivity contribution in [2.75, 3.05) is 30.5 Å². The molecule has 1 aromatic carbocycles. The lowest BCUT2D eigenvalue weighted by molar-refractivity contribution is 0.101. The Kier molecular flexibility index (Phi) is 4.45. The molecule has 0 radical (unpaired) electrons. The maximum atomic E-state index is 13.7. The Hall–Kier alpha value is -1.43. The van der Waals surface area contributed by atoms with E-state index >= 15 is 0 Å². The summed E-state index contributed by atoms with van der Waals surface area (Å²) >= 11 is 0. The summed E-state index contributed by atoms with van der Waals surface area (Å²) < 4.78 is 35.9. The molecule has 0 aliphatic rings. The van der Waals surface area contributed by atoms with Gasteiger partial charge in [0.05, 0.1) is 11.4 Å². The van der Waals surface area contributed by atoms with Crippen LogP contribution in [0.4, 0.5) is 10.1 Å². The van der Waals surface area contributed by atoms with E-state index in [1.165, 1.54) is 30.0 Å². The van der Waals surface area contributed by atoms with Gasteiger partial charge in [0, 0.05) is 25.4 Å². The largest absolute Gasteiger partial charge is 0.371 e. The van der Waals surface area contributed by atoms with Crippen LogP contribution < -0.4 is 4.90 Å². The lowest BCUT2D eigenvalue weighted by Gasteiger charge is -2.21. The molecule has 0 atom stereocenters. The fraction of sp³-hybridized carbons (Fsp3) is 0.417. The summed E-state index contributed by atoms with van der Waals surface area (Å²) in [7, 11) is -1.56. The van der Waals surface area contributed by atoms with Crippen molar-refractivity contribution in [1.29, 1.82) is 0 Å². The molecule has 0 saturated heterocycles. The molecule has 6 heteroatoms. The number of anilines is 1. The minimum Gasteiger partial charge on any atom is -0.371 e. The van der Waals surface area contributed by atoms with Crippen LogP contribution in [0.5, 0.6) is 0 Å². The Morgan fingerprint density at radius 2 is 2.00 bits per heavy atom. The molecule has 0 saturated carbocycles. The number of benzene rings is 1. The van der Waals surface area contributed by atoms with Crippen LogP contribution in [-0.4, -0.2) is 39.8 Å². The van der Waals surface area contributed by atoms with E-state index in [9.17, 15) is 17.6 Å². The van der Waals surface area contributed by atoms with Gasteiger partial charge in [-0.1, -0.05) is 6.07 Å². The van der Waals surface area contributed by atoms with Crippen molar-refractivity contribution < 1.29 is 17.6 Å². The summed E-state index contributed by atoms with van der Waals surface area (Å²) in [5.41, 5.74) is 0.402. The Labute approximate surface area is 106 Å². The van der Waals surface area contributed by atoms with E-state index < -0.39 is 15.7 Å². The average Bonchev–Trinajstić information content (AvgIpc) is 2.24. The Bertz CT molecular complexity index is 554. The monoisotopic (exact) mass is 273 g/mol. The highest BCUT2D eigenvalue weighted by atomic mass is 32.2. The van der Waals surface area contributed by atoms with Gasteiger partial charge in [-0.3, -0.25) is 4.79 Å². The topological polar surface area (TPSA) is 54.5 Å². The predicted octanol–water partition coefficient (Wildman–Crippen LogP) is 1.51. The number of halogens is 1. The van der Waals surface area contributed by atoms with Crippen LogP contribution in [-0.2, 0) is 9.84 Å². The van der Waals surface area contributed by atoms with Crippen LogP contribution in [0, 0.1) is 5.82 Å². The Morgan fingerprint density at radius 3 is 2.50 bits per heavy atom. The normalized spacial score (nSPS) is 11.3. The first-order valence-corrected chi connectivity index (χ1v) is 7.46. The second-order valence-electron chi connectivity index (χ2n) is 4.24. The minimum absolute atomic E-state index is 0.0881. The summed E-state index contributed by atoms with van der Waals surface area (Å²) in [5, 5.41) is 0. The fourth-order valence-corrected chi connectivity index (χ4v) is 2.21. The van der Waals surface area contributed by atoms with E-state index in [2.05, 4.69) is 0 Å². The Balaban J connectivity index is 3.04. The molecule has 18 heavy (non-hydrogen) atoms. The molecule has 0 N–H and O–H groups in total. The van der Waals surface area contributed by atoms with Crippen LogP contribution in [0.2, 0.25) is 0 Å². The quantitative estimate of drug-likeness (QED) is 0.763. The highest BCUT2D eigenvalue weighted by Gasteiger charge is 2.16. The van der Waals surface area contributed by atoms with Gasteiger partial charge < -0.3 is 4.90 Å². The maximum absolute atomic E-state index is 13.7. The van der Waals surface area contributed by atoms with Gasteiger partial charge in [-0.15, -0.1) is 0 Å². The van der Waals surface area contributed by atoms with E-state index in [4.69, 9.17) is 0 Å². The van der Waals surface area contributed by atoms with Gasteiger partial charge in [0.2, 0.25) is 0 Å². The summed E-state index contributed by atoms with van der Waals surface area (Å²) in [6.45, 7) is 1.49.